The van der Waals surface area contributed by atoms with Crippen molar-refractivity contribution in [2.75, 3.05) is 19.5 Å². The molecule has 0 atom stereocenters. The standard InChI is InChI=1S/C12H15Cl3O4S/c1-18-11-5-10(8-14)12(6-9(11)7-13)19-3-2-4-20(15,16)17/h5-6H,2-4,7-8H2,1H3. The van der Waals surface area contributed by atoms with E-state index in [1.54, 1.807) is 19.2 Å². The van der Waals surface area contributed by atoms with Gasteiger partial charge in [-0.1, -0.05) is 0 Å². The van der Waals surface area contributed by atoms with Crippen LogP contribution in [0, 0.1) is 0 Å². The monoisotopic (exact) mass is 360 g/mol. The molecule has 0 aliphatic carbocycles. The molecule has 0 saturated heterocycles. The van der Waals surface area contributed by atoms with Gasteiger partial charge >= 0.3 is 0 Å². The van der Waals surface area contributed by atoms with Crippen molar-refractivity contribution in [3.05, 3.63) is 23.3 Å². The Morgan fingerprint density at radius 1 is 1.10 bits per heavy atom. The molecule has 8 heteroatoms. The van der Waals surface area contributed by atoms with Gasteiger partial charge in [-0.05, 0) is 18.6 Å². The summed E-state index contributed by atoms with van der Waals surface area (Å²) in [5.74, 6) is 1.61. The van der Waals surface area contributed by atoms with Crippen LogP contribution in [0.4, 0.5) is 0 Å². The molecule has 0 radical (unpaired) electrons. The van der Waals surface area contributed by atoms with Crippen molar-refractivity contribution in [3.8, 4) is 11.5 Å². The molecule has 1 rings (SSSR count). The molecule has 1 aromatic carbocycles. The minimum atomic E-state index is -3.49. The van der Waals surface area contributed by atoms with Gasteiger partial charge in [0.15, 0.2) is 0 Å². The third-order valence-electron chi connectivity index (χ3n) is 2.54. The Balaban J connectivity index is 2.78. The number of hydrogen-bond donors (Lipinski definition) is 0. The van der Waals surface area contributed by atoms with E-state index in [0.29, 0.717) is 17.9 Å². The van der Waals surface area contributed by atoms with E-state index in [9.17, 15) is 8.42 Å². The van der Waals surface area contributed by atoms with E-state index in [1.165, 1.54) is 0 Å². The van der Waals surface area contributed by atoms with Crippen LogP contribution >= 0.6 is 33.9 Å². The molecule has 0 aliphatic rings. The maximum atomic E-state index is 10.8. The Hall–Kier alpha value is -0.360. The number of ether oxygens (including phenoxy) is 2. The molecule has 20 heavy (non-hydrogen) atoms. The highest BCUT2D eigenvalue weighted by Gasteiger charge is 2.11. The molecular formula is C12H15Cl3O4S. The minimum Gasteiger partial charge on any atom is -0.496 e. The van der Waals surface area contributed by atoms with Gasteiger partial charge in [0, 0.05) is 21.8 Å². The van der Waals surface area contributed by atoms with Gasteiger partial charge in [0.2, 0.25) is 9.05 Å². The Labute approximate surface area is 133 Å². The molecule has 0 aromatic heterocycles. The fourth-order valence-corrected chi connectivity index (χ4v) is 2.80. The van der Waals surface area contributed by atoms with Crippen LogP contribution in [0.15, 0.2) is 12.1 Å². The average molecular weight is 362 g/mol. The molecule has 0 heterocycles. The van der Waals surface area contributed by atoms with E-state index in [2.05, 4.69) is 0 Å². The summed E-state index contributed by atoms with van der Waals surface area (Å²) < 4.78 is 32.4. The van der Waals surface area contributed by atoms with Crippen LogP contribution in [0.25, 0.3) is 0 Å². The fourth-order valence-electron chi connectivity index (χ4n) is 1.59. The maximum Gasteiger partial charge on any atom is 0.232 e. The average Bonchev–Trinajstić information content (AvgIpc) is 2.41. The van der Waals surface area contributed by atoms with Crippen LogP contribution < -0.4 is 9.47 Å². The fraction of sp³-hybridized carbons (Fsp3) is 0.500. The zero-order valence-electron chi connectivity index (χ0n) is 10.9. The highest BCUT2D eigenvalue weighted by Crippen LogP contribution is 2.31. The molecule has 0 spiro atoms. The van der Waals surface area contributed by atoms with Gasteiger partial charge in [0.1, 0.15) is 11.5 Å². The molecule has 114 valence electrons. The van der Waals surface area contributed by atoms with Gasteiger partial charge in [-0.25, -0.2) is 8.42 Å². The third kappa shape index (κ3) is 5.56. The van der Waals surface area contributed by atoms with Gasteiger partial charge in [0.05, 0.1) is 31.2 Å². The first-order valence-electron chi connectivity index (χ1n) is 5.78. The predicted molar refractivity (Wildman–Crippen MR) is 81.9 cm³/mol. The minimum absolute atomic E-state index is 0.136. The lowest BCUT2D eigenvalue weighted by Gasteiger charge is -2.14. The second-order valence-corrected chi connectivity index (χ2v) is 7.42. The number of rotatable bonds is 8. The van der Waals surface area contributed by atoms with E-state index >= 15 is 0 Å². The van der Waals surface area contributed by atoms with Crippen LogP contribution in [-0.2, 0) is 20.8 Å². The van der Waals surface area contributed by atoms with Gasteiger partial charge in [-0.15, -0.1) is 23.2 Å². The molecule has 0 bridgehead atoms. The van der Waals surface area contributed by atoms with Crippen LogP contribution in [-0.4, -0.2) is 27.9 Å². The molecule has 0 unspecified atom stereocenters. The van der Waals surface area contributed by atoms with E-state index < -0.39 is 9.05 Å². The summed E-state index contributed by atoms with van der Waals surface area (Å²) in [5.41, 5.74) is 1.54. The summed E-state index contributed by atoms with van der Waals surface area (Å²) in [5, 5.41) is 0. The molecule has 0 saturated carbocycles. The highest BCUT2D eigenvalue weighted by molar-refractivity contribution is 8.13. The molecule has 0 amide bonds. The van der Waals surface area contributed by atoms with Crippen LogP contribution in [0.2, 0.25) is 0 Å². The first-order valence-corrected chi connectivity index (χ1v) is 9.33. The van der Waals surface area contributed by atoms with Crippen LogP contribution in [0.3, 0.4) is 0 Å². The zero-order chi connectivity index (χ0) is 15.2. The van der Waals surface area contributed by atoms with Crippen LogP contribution in [0.5, 0.6) is 11.5 Å². The summed E-state index contributed by atoms with van der Waals surface area (Å²) in [6, 6.07) is 3.51. The van der Waals surface area contributed by atoms with Crippen molar-refractivity contribution in [2.45, 2.75) is 18.2 Å². The van der Waals surface area contributed by atoms with E-state index in [0.717, 1.165) is 11.1 Å². The first kappa shape index (κ1) is 17.7. The second kappa shape index (κ2) is 8.17. The van der Waals surface area contributed by atoms with E-state index in [1.807, 2.05) is 0 Å². The van der Waals surface area contributed by atoms with Crippen molar-refractivity contribution < 1.29 is 17.9 Å². The molecule has 0 fully saturated rings. The topological polar surface area (TPSA) is 52.6 Å². The van der Waals surface area contributed by atoms with Crippen molar-refractivity contribution in [3.63, 3.8) is 0 Å². The van der Waals surface area contributed by atoms with Crippen LogP contribution in [0.1, 0.15) is 17.5 Å². The van der Waals surface area contributed by atoms with E-state index in [4.69, 9.17) is 43.4 Å². The lowest BCUT2D eigenvalue weighted by atomic mass is 10.1. The summed E-state index contributed by atoms with van der Waals surface area (Å²) >= 11 is 11.7. The van der Waals surface area contributed by atoms with Crippen molar-refractivity contribution in [1.82, 2.24) is 0 Å². The Morgan fingerprint density at radius 2 is 1.65 bits per heavy atom. The van der Waals surface area contributed by atoms with Crippen molar-refractivity contribution in [2.24, 2.45) is 0 Å². The van der Waals surface area contributed by atoms with E-state index in [-0.39, 0.29) is 24.1 Å². The normalized spacial score (nSPS) is 11.4. The predicted octanol–water partition coefficient (Wildman–Crippen LogP) is 3.51. The smallest absolute Gasteiger partial charge is 0.232 e. The third-order valence-corrected chi connectivity index (χ3v) is 4.36. The first-order chi connectivity index (χ1) is 9.41. The number of methoxy groups -OCH3 is 1. The van der Waals surface area contributed by atoms with Gasteiger partial charge in [-0.3, -0.25) is 0 Å². The lowest BCUT2D eigenvalue weighted by molar-refractivity contribution is 0.314. The number of hydrogen-bond acceptors (Lipinski definition) is 4. The Kier molecular flexibility index (Phi) is 7.23. The van der Waals surface area contributed by atoms with Gasteiger partial charge < -0.3 is 9.47 Å². The number of alkyl halides is 2. The Bertz CT molecular complexity index is 546. The quantitative estimate of drug-likeness (QED) is 0.404. The highest BCUT2D eigenvalue weighted by atomic mass is 35.7. The Morgan fingerprint density at radius 3 is 2.15 bits per heavy atom. The summed E-state index contributed by atoms with van der Waals surface area (Å²) in [7, 11) is 3.18. The molecule has 0 aliphatic heterocycles. The summed E-state index contributed by atoms with van der Waals surface area (Å²) in [6.07, 6.45) is 0.301. The number of benzene rings is 1. The SMILES string of the molecule is COc1cc(CCl)c(OCCCS(=O)(=O)Cl)cc1CCl. The zero-order valence-corrected chi connectivity index (χ0v) is 13.9. The molecule has 1 aromatic rings. The molecule has 0 N–H and O–H groups in total. The molecule has 4 nitrogen and oxygen atoms in total. The van der Waals surface area contributed by atoms with Crippen molar-refractivity contribution >= 4 is 42.9 Å². The van der Waals surface area contributed by atoms with Gasteiger partial charge in [-0.2, -0.15) is 0 Å². The lowest BCUT2D eigenvalue weighted by Crippen LogP contribution is -2.06. The largest absolute Gasteiger partial charge is 0.496 e. The summed E-state index contributed by atoms with van der Waals surface area (Å²) in [6.45, 7) is 0.226. The van der Waals surface area contributed by atoms with Crippen molar-refractivity contribution in [1.29, 1.82) is 0 Å². The maximum absolute atomic E-state index is 10.8. The second-order valence-electron chi connectivity index (χ2n) is 3.98. The summed E-state index contributed by atoms with van der Waals surface area (Å²) in [4.78, 5) is 0. The number of halogens is 3. The van der Waals surface area contributed by atoms with Gasteiger partial charge in [0.25, 0.3) is 0 Å². The molecular weight excluding hydrogens is 347 g/mol.